The zero-order valence-electron chi connectivity index (χ0n) is 21.5. The molecule has 2 unspecified atom stereocenters. The van der Waals surface area contributed by atoms with Crippen molar-refractivity contribution in [3.8, 4) is 11.5 Å². The lowest BCUT2D eigenvalue weighted by Gasteiger charge is -2.39. The predicted octanol–water partition coefficient (Wildman–Crippen LogP) is 6.01. The molecule has 1 aromatic heterocycles. The Morgan fingerprint density at radius 1 is 1.14 bits per heavy atom. The lowest BCUT2D eigenvalue weighted by atomic mass is 10.0. The summed E-state index contributed by atoms with van der Waals surface area (Å²) in [5, 5.41) is 5.46. The smallest absolute Gasteiger partial charge is 0.251 e. The number of amides is 2. The minimum Gasteiger partial charge on any atom is -0.457 e. The van der Waals surface area contributed by atoms with Crippen molar-refractivity contribution >= 4 is 40.4 Å². The Hall–Kier alpha value is -2.87. The maximum absolute atomic E-state index is 14.1. The van der Waals surface area contributed by atoms with Gasteiger partial charge in [0.05, 0.1) is 0 Å². The van der Waals surface area contributed by atoms with E-state index in [9.17, 15) is 9.59 Å². The first-order valence-corrected chi connectivity index (χ1v) is 14.1. The average molecular weight is 540 g/mol. The number of anilines is 1. The van der Waals surface area contributed by atoms with E-state index in [0.717, 1.165) is 29.2 Å². The van der Waals surface area contributed by atoms with Crippen LogP contribution in [-0.2, 0) is 9.59 Å². The normalized spacial score (nSPS) is 16.5. The first-order valence-electron chi connectivity index (χ1n) is 12.6. The van der Waals surface area contributed by atoms with Gasteiger partial charge in [-0.05, 0) is 66.6 Å². The van der Waals surface area contributed by atoms with Gasteiger partial charge in [-0.25, -0.2) is 0 Å². The molecule has 0 aliphatic carbocycles. The minimum absolute atomic E-state index is 0.0832. The van der Waals surface area contributed by atoms with Gasteiger partial charge in [0.2, 0.25) is 5.91 Å². The molecule has 0 bridgehead atoms. The average Bonchev–Trinajstić information content (AvgIpc) is 3.42. The second-order valence-electron chi connectivity index (χ2n) is 9.74. The van der Waals surface area contributed by atoms with E-state index < -0.39 is 6.04 Å². The number of hydrogen-bond acceptors (Lipinski definition) is 5. The Labute approximate surface area is 228 Å². The van der Waals surface area contributed by atoms with E-state index in [1.54, 1.807) is 4.90 Å². The largest absolute Gasteiger partial charge is 0.457 e. The van der Waals surface area contributed by atoms with Crippen LogP contribution in [0.2, 0.25) is 0 Å². The number of carbonyl (C=O) groups is 2. The molecule has 0 saturated carbocycles. The number of nitrogens with one attached hydrogen (secondary N) is 1. The zero-order chi connectivity index (χ0) is 26.4. The Bertz CT molecular complexity index is 1190. The van der Waals surface area contributed by atoms with Crippen molar-refractivity contribution in [2.45, 2.75) is 39.3 Å². The van der Waals surface area contributed by atoms with Crippen molar-refractivity contribution in [2.24, 2.45) is 5.92 Å². The first-order chi connectivity index (χ1) is 17.9. The van der Waals surface area contributed by atoms with Crippen LogP contribution < -0.4 is 15.0 Å². The number of aryl methyl sites for hydroxylation is 1. The molecule has 4 rings (SSSR count). The minimum atomic E-state index is -0.788. The highest BCUT2D eigenvalue weighted by Crippen LogP contribution is 2.36. The van der Waals surface area contributed by atoms with Crippen LogP contribution in [0.4, 0.5) is 5.69 Å². The summed E-state index contributed by atoms with van der Waals surface area (Å²) < 4.78 is 5.99. The van der Waals surface area contributed by atoms with Crippen molar-refractivity contribution in [1.82, 2.24) is 10.2 Å². The van der Waals surface area contributed by atoms with Gasteiger partial charge < -0.3 is 15.0 Å². The number of hydrogen-bond donors (Lipinski definition) is 1. The molecular weight excluding hydrogens is 506 g/mol. The molecular formula is C29H34ClN3O3S. The van der Waals surface area contributed by atoms with Gasteiger partial charge in [0.15, 0.2) is 0 Å². The fourth-order valence-electron chi connectivity index (χ4n) is 4.80. The highest BCUT2D eigenvalue weighted by atomic mass is 35.5. The monoisotopic (exact) mass is 539 g/mol. The molecule has 8 heteroatoms. The fraction of sp³-hybridized carbons (Fsp3) is 0.379. The summed E-state index contributed by atoms with van der Waals surface area (Å²) in [7, 11) is 0. The molecule has 196 valence electrons. The van der Waals surface area contributed by atoms with Crippen molar-refractivity contribution in [3.63, 3.8) is 0 Å². The highest BCUT2D eigenvalue weighted by molar-refractivity contribution is 7.10. The molecule has 37 heavy (non-hydrogen) atoms. The number of halogens is 1. The molecule has 1 fully saturated rings. The molecule has 2 heterocycles. The van der Waals surface area contributed by atoms with Crippen LogP contribution in [0.1, 0.15) is 36.8 Å². The molecule has 2 atom stereocenters. The van der Waals surface area contributed by atoms with Crippen molar-refractivity contribution in [3.05, 3.63) is 76.5 Å². The van der Waals surface area contributed by atoms with Crippen LogP contribution in [0.5, 0.6) is 11.5 Å². The summed E-state index contributed by atoms with van der Waals surface area (Å²) >= 11 is 7.59. The summed E-state index contributed by atoms with van der Waals surface area (Å²) in [6, 6.07) is 18.3. The third-order valence-electron chi connectivity index (χ3n) is 6.42. The number of piperazine rings is 1. The van der Waals surface area contributed by atoms with E-state index in [1.807, 2.05) is 77.9 Å². The van der Waals surface area contributed by atoms with Crippen LogP contribution in [0.15, 0.2) is 66.0 Å². The Balaban J connectivity index is 1.67. The van der Waals surface area contributed by atoms with E-state index in [0.29, 0.717) is 30.4 Å². The number of para-hydroxylation sites is 1. The zero-order valence-corrected chi connectivity index (χ0v) is 23.1. The Kier molecular flexibility index (Phi) is 9.24. The van der Waals surface area contributed by atoms with E-state index in [1.165, 1.54) is 11.3 Å². The van der Waals surface area contributed by atoms with E-state index >= 15 is 0 Å². The molecule has 1 saturated heterocycles. The van der Waals surface area contributed by atoms with Crippen molar-refractivity contribution in [2.75, 3.05) is 30.4 Å². The second-order valence-corrected chi connectivity index (χ2v) is 11.0. The van der Waals surface area contributed by atoms with Crippen LogP contribution in [0.25, 0.3) is 0 Å². The van der Waals surface area contributed by atoms with Gasteiger partial charge in [0.25, 0.3) is 5.91 Å². The maximum Gasteiger partial charge on any atom is 0.251 e. The molecule has 6 nitrogen and oxygen atoms in total. The van der Waals surface area contributed by atoms with E-state index in [-0.39, 0.29) is 23.7 Å². The molecule has 2 aromatic carbocycles. The Morgan fingerprint density at radius 3 is 2.57 bits per heavy atom. The second kappa shape index (κ2) is 12.6. The van der Waals surface area contributed by atoms with Crippen LogP contribution in [-0.4, -0.2) is 48.3 Å². The third kappa shape index (κ3) is 6.72. The standard InChI is InChI=1S/C29H34ClN3O3S/c1-20(2)16-22-19-32(14-13-31-22)29(35)28(26-10-7-15-37-26)33(27(34)18-30)25-12-11-24(17-21(25)3)36-23-8-5-4-6-9-23/h4-12,15,17,20,22,28,31H,13-14,16,18-19H2,1-3H3. The van der Waals surface area contributed by atoms with Crippen LogP contribution in [0, 0.1) is 12.8 Å². The van der Waals surface area contributed by atoms with Gasteiger partial charge in [-0.15, -0.1) is 22.9 Å². The number of alkyl halides is 1. The predicted molar refractivity (Wildman–Crippen MR) is 151 cm³/mol. The van der Waals surface area contributed by atoms with Gasteiger partial charge in [-0.1, -0.05) is 38.1 Å². The van der Waals surface area contributed by atoms with Gasteiger partial charge >= 0.3 is 0 Å². The molecule has 3 aromatic rings. The van der Waals surface area contributed by atoms with Crippen LogP contribution in [0.3, 0.4) is 0 Å². The van der Waals surface area contributed by atoms with Gasteiger partial charge in [0, 0.05) is 36.2 Å². The molecule has 2 amide bonds. The number of carbonyl (C=O) groups excluding carboxylic acids is 2. The number of nitrogens with zero attached hydrogens (tertiary/aromatic N) is 2. The molecule has 1 aliphatic rings. The van der Waals surface area contributed by atoms with Crippen molar-refractivity contribution < 1.29 is 14.3 Å². The SMILES string of the molecule is Cc1cc(Oc2ccccc2)ccc1N(C(=O)CCl)C(C(=O)N1CCNC(CC(C)C)C1)c1cccs1. The first kappa shape index (κ1) is 27.2. The maximum atomic E-state index is 14.1. The van der Waals surface area contributed by atoms with Gasteiger partial charge in [-0.3, -0.25) is 14.5 Å². The van der Waals surface area contributed by atoms with Gasteiger partial charge in [0.1, 0.15) is 23.4 Å². The van der Waals surface area contributed by atoms with E-state index in [2.05, 4.69) is 19.2 Å². The molecule has 1 N–H and O–H groups in total. The number of ether oxygens (including phenoxy) is 1. The summed E-state index contributed by atoms with van der Waals surface area (Å²) in [6.07, 6.45) is 0.986. The lowest BCUT2D eigenvalue weighted by molar-refractivity contribution is -0.135. The number of thiophene rings is 1. The molecule has 0 radical (unpaired) electrons. The third-order valence-corrected chi connectivity index (χ3v) is 7.57. The number of rotatable bonds is 9. The molecule has 1 aliphatic heterocycles. The summed E-state index contributed by atoms with van der Waals surface area (Å²) in [6.45, 7) is 8.23. The summed E-state index contributed by atoms with van der Waals surface area (Å²) in [5.41, 5.74) is 1.46. The number of benzene rings is 2. The highest BCUT2D eigenvalue weighted by Gasteiger charge is 2.38. The van der Waals surface area contributed by atoms with Gasteiger partial charge in [-0.2, -0.15) is 0 Å². The summed E-state index contributed by atoms with van der Waals surface area (Å²) in [5.74, 6) is 1.28. The molecule has 0 spiro atoms. The van der Waals surface area contributed by atoms with Crippen molar-refractivity contribution in [1.29, 1.82) is 0 Å². The quantitative estimate of drug-likeness (QED) is 0.338. The fourth-order valence-corrected chi connectivity index (χ4v) is 5.74. The van der Waals surface area contributed by atoms with E-state index in [4.69, 9.17) is 16.3 Å². The van der Waals surface area contributed by atoms with Crippen LogP contribution >= 0.6 is 22.9 Å². The lowest BCUT2D eigenvalue weighted by Crippen LogP contribution is -2.56. The summed E-state index contributed by atoms with van der Waals surface area (Å²) in [4.78, 5) is 31.8. The Morgan fingerprint density at radius 2 is 1.92 bits per heavy atom. The topological polar surface area (TPSA) is 61.9 Å².